The quantitative estimate of drug-likeness (QED) is 0.0382. The molecule has 0 saturated carbocycles. The summed E-state index contributed by atoms with van der Waals surface area (Å²) in [5, 5.41) is 0. The number of esters is 3. The van der Waals surface area contributed by atoms with Crippen LogP contribution in [0.3, 0.4) is 0 Å². The molecule has 15 nitrogen and oxygen atoms in total. The largest absolute Gasteiger partial charge is 0.517 e. The minimum Gasteiger partial charge on any atom is -0.461 e. The summed E-state index contributed by atoms with van der Waals surface area (Å²) in [6.07, 6.45) is -0.396. The highest BCUT2D eigenvalue weighted by Gasteiger charge is 2.59. The highest BCUT2D eigenvalue weighted by Crippen LogP contribution is 2.29. The van der Waals surface area contributed by atoms with E-state index < -0.39 is 108 Å². The van der Waals surface area contributed by atoms with Gasteiger partial charge >= 0.3 is 42.9 Å². The number of hydrogen-bond donors (Lipinski definition) is 3. The molecule has 0 aliphatic heterocycles. The monoisotopic (exact) mass is 1080 g/mol. The first-order valence-corrected chi connectivity index (χ1v) is 55.4. The second-order valence-electron chi connectivity index (χ2n) is 22.7. The van der Waals surface area contributed by atoms with Crippen molar-refractivity contribution in [3.05, 3.63) is 36.5 Å². The van der Waals surface area contributed by atoms with Gasteiger partial charge in [0.15, 0.2) is 56.1 Å². The van der Waals surface area contributed by atoms with E-state index in [1.165, 1.54) is 0 Å². The highest BCUT2D eigenvalue weighted by atomic mass is 29.3. The van der Waals surface area contributed by atoms with Crippen molar-refractivity contribution < 1.29 is 67.7 Å². The zero-order valence-corrected chi connectivity index (χ0v) is 55.0. The fraction of sp³-hybridized carbons (Fsp3) is 0.757. The van der Waals surface area contributed by atoms with Crippen LogP contribution < -0.4 is 0 Å². The molecule has 2 unspecified atom stereocenters. The molecule has 63 heavy (non-hydrogen) atoms. The lowest BCUT2D eigenvalue weighted by atomic mass is 10.4. The molecule has 0 aliphatic carbocycles. The first-order valence-electron chi connectivity index (χ1n) is 21.1. The Morgan fingerprint density at radius 3 is 0.714 bits per heavy atom. The van der Waals surface area contributed by atoms with Gasteiger partial charge in [-0.25, -0.2) is 14.4 Å². The lowest BCUT2D eigenvalue weighted by Gasteiger charge is -2.43. The fourth-order valence-corrected chi connectivity index (χ4v) is 60.5. The van der Waals surface area contributed by atoms with E-state index in [0.29, 0.717) is 11.1 Å². The van der Waals surface area contributed by atoms with Gasteiger partial charge in [0.2, 0.25) is 15.7 Å². The van der Waals surface area contributed by atoms with Crippen LogP contribution in [-0.4, -0.2) is 142 Å². The second kappa shape index (κ2) is 24.8. The first-order chi connectivity index (χ1) is 27.2. The molecular weight excluding hydrogens is 993 g/mol. The molecule has 0 saturated heterocycles. The van der Waals surface area contributed by atoms with Gasteiger partial charge in [-0.15, -0.1) is 0 Å². The Morgan fingerprint density at radius 2 is 0.540 bits per heavy atom. The third kappa shape index (κ3) is 31.4. The van der Waals surface area contributed by atoms with Crippen molar-refractivity contribution in [1.29, 1.82) is 0 Å². The summed E-state index contributed by atoms with van der Waals surface area (Å²) in [7, 11) is -26.9. The van der Waals surface area contributed by atoms with Gasteiger partial charge < -0.3 is 53.3 Å². The van der Waals surface area contributed by atoms with Crippen LogP contribution >= 0.6 is 0 Å². The molecule has 0 spiro atoms. The third-order valence-electron chi connectivity index (χ3n) is 7.11. The maximum atomic E-state index is 11.7. The van der Waals surface area contributed by atoms with Gasteiger partial charge in [0.1, 0.15) is 12.5 Å². The molecule has 26 heteroatoms. The fourth-order valence-electron chi connectivity index (χ4n) is 5.25. The molecule has 2 atom stereocenters. The van der Waals surface area contributed by atoms with Crippen LogP contribution in [0.4, 0.5) is 0 Å². The van der Waals surface area contributed by atoms with Gasteiger partial charge in [-0.1, -0.05) is 19.7 Å². The average molecular weight is 1080 g/mol. The second-order valence-corrected chi connectivity index (χ2v) is 76.3. The summed E-state index contributed by atoms with van der Waals surface area (Å²) in [4.78, 5) is 67.9. The summed E-state index contributed by atoms with van der Waals surface area (Å²) >= 11 is 0. The van der Waals surface area contributed by atoms with Gasteiger partial charge in [0, 0.05) is 16.7 Å². The first kappa shape index (κ1) is 66.9. The Hall–Kier alpha value is -0.344. The van der Waals surface area contributed by atoms with Gasteiger partial charge in [-0.2, -0.15) is 0 Å². The van der Waals surface area contributed by atoms with Crippen molar-refractivity contribution >= 4 is 108 Å². The molecule has 0 aromatic carbocycles. The Bertz CT molecular complexity index is 1460. The van der Waals surface area contributed by atoms with E-state index in [0.717, 1.165) is 0 Å². The van der Waals surface area contributed by atoms with Crippen LogP contribution in [0.5, 0.6) is 0 Å². The molecule has 372 valence electrons. The van der Waals surface area contributed by atoms with Crippen LogP contribution in [0, 0.1) is 0 Å². The molecule has 0 heterocycles. The molecule has 0 radical (unpaired) electrons. The number of ether oxygens (including phenoxy) is 3. The number of carbonyl (C=O) groups excluding carboxylic acids is 3. The Kier molecular flexibility index (Phi) is 26.3. The molecule has 0 amide bonds. The zero-order valence-electron chi connectivity index (χ0n) is 44.0. The van der Waals surface area contributed by atoms with E-state index in [1.54, 1.807) is 20.8 Å². The average Bonchev–Trinajstić information content (AvgIpc) is 2.95. The van der Waals surface area contributed by atoms with Crippen LogP contribution in [-0.2, 0) is 53.3 Å². The molecule has 0 fully saturated rings. The Balaban J connectivity index is -0.000000860. The minimum absolute atomic E-state index is 0.0906. The maximum Gasteiger partial charge on any atom is 0.517 e. The molecule has 3 N–H and O–H groups in total. The summed E-state index contributed by atoms with van der Waals surface area (Å²) in [5.41, 5.74) is 0.919. The molecule has 0 aromatic heterocycles. The molecule has 0 aliphatic rings. The van der Waals surface area contributed by atoms with Crippen molar-refractivity contribution in [2.45, 2.75) is 165 Å². The molecule has 0 bridgehead atoms. The molecular formula is C37H90O15Si11. The van der Waals surface area contributed by atoms with Crippen molar-refractivity contribution in [3.8, 4) is 0 Å². The van der Waals surface area contributed by atoms with E-state index in [-0.39, 0.29) is 24.3 Å². The van der Waals surface area contributed by atoms with E-state index in [9.17, 15) is 28.8 Å². The van der Waals surface area contributed by atoms with E-state index in [1.807, 2.05) is 105 Å². The maximum absolute atomic E-state index is 11.7. The van der Waals surface area contributed by atoms with Crippen molar-refractivity contribution in [2.75, 3.05) is 18.7 Å². The standard InChI is InChI=1S/2C13H32O5Si4.C11H26O5Si3/c2*1-12(2)13(14)16-11-22(15,18-20(6,7)8)21(9,10)17-19(3,4)5;1-10(2)11(12)14-9-19(13,15-17(3,4)5)16-18(6,7)8/h2*15H,1,11H2,2-10H3;13H,1,9H2,2-8H3. The van der Waals surface area contributed by atoms with Gasteiger partial charge in [-0.3, -0.25) is 0 Å². The normalized spacial score (nSPS) is 15.2. The molecule has 0 rings (SSSR count). The lowest BCUT2D eigenvalue weighted by Crippen LogP contribution is -2.71. The smallest absolute Gasteiger partial charge is 0.461 e. The minimum atomic E-state index is -3.49. The summed E-state index contributed by atoms with van der Waals surface area (Å²) in [5.74, 6) is -1.53. The zero-order chi connectivity index (χ0) is 51.4. The summed E-state index contributed by atoms with van der Waals surface area (Å²) in [6.45, 7) is 59.6. The SMILES string of the molecule is C=C(C)C(=O)OC[Si](O)(O[Si](C)(C)C)O[Si](C)(C)C.C=C(C)C(=O)OC[Si](O)(O[Si](C)(C)C)[Si](C)(C)O[Si](C)(C)C.C=C(C)C(=O)OC[Si](O)(O[Si](C)(C)C)[Si](C)(C)O[Si](C)(C)C. The van der Waals surface area contributed by atoms with Crippen molar-refractivity contribution in [1.82, 2.24) is 0 Å². The van der Waals surface area contributed by atoms with E-state index >= 15 is 0 Å². The van der Waals surface area contributed by atoms with Crippen molar-refractivity contribution in [2.24, 2.45) is 0 Å². The molecule has 0 aromatic rings. The van der Waals surface area contributed by atoms with Crippen LogP contribution in [0.25, 0.3) is 0 Å². The van der Waals surface area contributed by atoms with Crippen LogP contribution in [0.2, 0.25) is 144 Å². The van der Waals surface area contributed by atoms with E-state index in [2.05, 4.69) is 59.0 Å². The Morgan fingerprint density at radius 1 is 0.349 bits per heavy atom. The van der Waals surface area contributed by atoms with Gasteiger partial charge in [-0.05, 0) is 165 Å². The summed E-state index contributed by atoms with van der Waals surface area (Å²) < 4.78 is 52.0. The number of rotatable bonds is 23. The number of carbonyl (C=O) groups is 3. The van der Waals surface area contributed by atoms with Crippen molar-refractivity contribution in [3.63, 3.8) is 0 Å². The summed E-state index contributed by atoms with van der Waals surface area (Å²) in [6, 6.07) is 0. The van der Waals surface area contributed by atoms with Crippen LogP contribution in [0.1, 0.15) is 20.8 Å². The van der Waals surface area contributed by atoms with Crippen LogP contribution in [0.15, 0.2) is 36.5 Å². The number of hydrogen-bond acceptors (Lipinski definition) is 15. The highest BCUT2D eigenvalue weighted by molar-refractivity contribution is 7.36. The van der Waals surface area contributed by atoms with E-state index in [4.69, 9.17) is 38.9 Å². The third-order valence-corrected chi connectivity index (χ3v) is 52.3. The Labute approximate surface area is 393 Å². The van der Waals surface area contributed by atoms with Gasteiger partial charge in [0.25, 0.3) is 0 Å². The predicted molar refractivity (Wildman–Crippen MR) is 283 cm³/mol. The lowest BCUT2D eigenvalue weighted by molar-refractivity contribution is -0.138. The predicted octanol–water partition coefficient (Wildman–Crippen LogP) is 8.41. The topological polar surface area (TPSA) is 195 Å². The van der Waals surface area contributed by atoms with Gasteiger partial charge in [0.05, 0.1) is 0 Å².